The number of nitrogens with two attached hydrogens (primary N) is 1. The quantitative estimate of drug-likeness (QED) is 0.583. The molecule has 1 unspecified atom stereocenters. The zero-order chi connectivity index (χ0) is 24.9. The Balaban J connectivity index is 1.44. The van der Waals surface area contributed by atoms with Crippen molar-refractivity contribution >= 4 is 29.3 Å². The summed E-state index contributed by atoms with van der Waals surface area (Å²) in [5.74, 6) is 0.616. The highest BCUT2D eigenvalue weighted by Gasteiger charge is 2.29. The van der Waals surface area contributed by atoms with Crippen molar-refractivity contribution in [2.45, 2.75) is 45.3 Å². The third-order valence-corrected chi connectivity index (χ3v) is 6.39. The Labute approximate surface area is 206 Å². The molecule has 9 nitrogen and oxygen atoms in total. The van der Waals surface area contributed by atoms with Crippen LogP contribution in [0.25, 0.3) is 0 Å². The van der Waals surface area contributed by atoms with Crippen molar-refractivity contribution in [1.82, 2.24) is 15.1 Å². The third-order valence-electron chi connectivity index (χ3n) is 6.06. The lowest BCUT2D eigenvalue weighted by molar-refractivity contribution is -0.0342. The fraction of sp³-hybridized carbons (Fsp3) is 0.667. The number of rotatable bonds is 6. The summed E-state index contributed by atoms with van der Waals surface area (Å²) in [6.07, 6.45) is 1.58. The zero-order valence-corrected chi connectivity index (χ0v) is 21.3. The topological polar surface area (TPSA) is 106 Å². The summed E-state index contributed by atoms with van der Waals surface area (Å²) in [5, 5.41) is 3.23. The van der Waals surface area contributed by atoms with Gasteiger partial charge < -0.3 is 30.2 Å². The van der Waals surface area contributed by atoms with Crippen molar-refractivity contribution in [1.29, 1.82) is 0 Å². The predicted octanol–water partition coefficient (Wildman–Crippen LogP) is 3.01. The van der Waals surface area contributed by atoms with E-state index in [1.54, 1.807) is 11.0 Å². The number of piperidine rings is 1. The van der Waals surface area contributed by atoms with Crippen LogP contribution in [0.3, 0.4) is 0 Å². The van der Waals surface area contributed by atoms with Gasteiger partial charge in [0.15, 0.2) is 0 Å². The maximum Gasteiger partial charge on any atom is 0.410 e. The Kier molecular flexibility index (Phi) is 8.89. The lowest BCUT2D eigenvalue weighted by Gasteiger charge is -2.38. The van der Waals surface area contributed by atoms with E-state index in [0.29, 0.717) is 41.1 Å². The maximum absolute atomic E-state index is 12.7. The number of likely N-dealkylation sites (tertiary alicyclic amines) is 1. The van der Waals surface area contributed by atoms with Crippen molar-refractivity contribution < 1.29 is 23.8 Å². The van der Waals surface area contributed by atoms with Gasteiger partial charge in [0.25, 0.3) is 5.91 Å². The summed E-state index contributed by atoms with van der Waals surface area (Å²) in [6.45, 7) is 10.7. The average Bonchev–Trinajstić information content (AvgIpc) is 2.78. The molecule has 2 aliphatic heterocycles. The number of carbonyl (C=O) groups excluding carboxylic acids is 2. The van der Waals surface area contributed by atoms with Gasteiger partial charge in [-0.2, -0.15) is 0 Å². The van der Waals surface area contributed by atoms with Crippen LogP contribution in [0.15, 0.2) is 12.1 Å². The van der Waals surface area contributed by atoms with E-state index in [2.05, 4.69) is 10.2 Å². The molecule has 2 aliphatic rings. The Morgan fingerprint density at radius 2 is 1.94 bits per heavy atom. The molecule has 10 heteroatoms. The minimum atomic E-state index is -0.475. The summed E-state index contributed by atoms with van der Waals surface area (Å²) in [5.41, 5.74) is 6.02. The van der Waals surface area contributed by atoms with E-state index in [0.717, 1.165) is 45.6 Å². The minimum Gasteiger partial charge on any atom is -0.496 e. The average molecular weight is 497 g/mol. The number of hydrogen-bond donors (Lipinski definition) is 2. The molecule has 190 valence electrons. The Hall–Kier alpha value is -2.23. The number of nitrogens with zero attached hydrogens (tertiary/aromatic N) is 2. The number of anilines is 1. The first-order valence-corrected chi connectivity index (χ1v) is 12.2. The number of nitrogen functional groups attached to an aromatic ring is 1. The standard InChI is InChI=1S/C24H37ClN4O5/c1-24(2,3)34-23(31)29-7-5-16(6-8-29)14-28-9-10-33-17(15-28)13-27-22(30)18-11-19(25)20(26)12-21(18)32-4/h11-12,16-17H,5-10,13-15,26H2,1-4H3,(H,27,30). The fourth-order valence-corrected chi connectivity index (χ4v) is 4.44. The highest BCUT2D eigenvalue weighted by Crippen LogP contribution is 2.29. The van der Waals surface area contributed by atoms with Gasteiger partial charge in [-0.15, -0.1) is 0 Å². The van der Waals surface area contributed by atoms with Gasteiger partial charge in [0.2, 0.25) is 0 Å². The van der Waals surface area contributed by atoms with Gasteiger partial charge in [-0.3, -0.25) is 9.69 Å². The number of carbonyl (C=O) groups is 2. The van der Waals surface area contributed by atoms with Crippen LogP contribution in [-0.2, 0) is 9.47 Å². The molecule has 0 aliphatic carbocycles. The molecule has 0 aromatic heterocycles. The second-order valence-electron chi connectivity index (χ2n) is 9.95. The van der Waals surface area contributed by atoms with Gasteiger partial charge >= 0.3 is 6.09 Å². The molecule has 0 spiro atoms. The number of amides is 2. The number of halogens is 1. The van der Waals surface area contributed by atoms with Gasteiger partial charge in [-0.05, 0) is 45.6 Å². The van der Waals surface area contributed by atoms with Crippen molar-refractivity contribution in [2.75, 3.05) is 58.7 Å². The highest BCUT2D eigenvalue weighted by molar-refractivity contribution is 6.33. The molecule has 2 heterocycles. The largest absolute Gasteiger partial charge is 0.496 e. The van der Waals surface area contributed by atoms with Crippen LogP contribution in [0, 0.1) is 5.92 Å². The molecule has 3 rings (SSSR count). The van der Waals surface area contributed by atoms with Gasteiger partial charge in [0.1, 0.15) is 11.4 Å². The molecule has 0 bridgehead atoms. The molecule has 1 atom stereocenters. The molecule has 1 aromatic carbocycles. The summed E-state index contributed by atoms with van der Waals surface area (Å²) >= 11 is 6.08. The fourth-order valence-electron chi connectivity index (χ4n) is 4.28. The van der Waals surface area contributed by atoms with Gasteiger partial charge in [0.05, 0.1) is 36.1 Å². The Morgan fingerprint density at radius 1 is 1.24 bits per heavy atom. The number of methoxy groups -OCH3 is 1. The number of benzene rings is 1. The number of hydrogen-bond acceptors (Lipinski definition) is 7. The number of nitrogens with one attached hydrogen (secondary N) is 1. The second kappa shape index (κ2) is 11.5. The Morgan fingerprint density at radius 3 is 2.59 bits per heavy atom. The summed E-state index contributed by atoms with van der Waals surface area (Å²) in [4.78, 5) is 29.2. The van der Waals surface area contributed by atoms with Crippen LogP contribution in [0.2, 0.25) is 5.02 Å². The normalized spacial score (nSPS) is 20.1. The van der Waals surface area contributed by atoms with E-state index in [9.17, 15) is 9.59 Å². The van der Waals surface area contributed by atoms with Crippen LogP contribution in [0.4, 0.5) is 10.5 Å². The minimum absolute atomic E-state index is 0.102. The van der Waals surface area contributed by atoms with E-state index in [4.69, 9.17) is 31.5 Å². The SMILES string of the molecule is COc1cc(N)c(Cl)cc1C(=O)NCC1CN(CC2CCN(C(=O)OC(C)(C)C)CC2)CCO1. The molecule has 0 radical (unpaired) electrons. The van der Waals surface area contributed by atoms with Gasteiger partial charge in [-0.25, -0.2) is 4.79 Å². The molecule has 2 amide bonds. The monoisotopic (exact) mass is 496 g/mol. The molecule has 2 fully saturated rings. The third kappa shape index (κ3) is 7.38. The van der Waals surface area contributed by atoms with Crippen LogP contribution in [-0.4, -0.2) is 86.5 Å². The van der Waals surface area contributed by atoms with E-state index in [-0.39, 0.29) is 18.1 Å². The summed E-state index contributed by atoms with van der Waals surface area (Å²) in [7, 11) is 1.49. The van der Waals surface area contributed by atoms with Crippen molar-refractivity contribution in [3.05, 3.63) is 22.7 Å². The van der Waals surface area contributed by atoms with Crippen molar-refractivity contribution in [3.63, 3.8) is 0 Å². The first-order valence-electron chi connectivity index (χ1n) is 11.8. The molecular formula is C24H37ClN4O5. The molecular weight excluding hydrogens is 460 g/mol. The number of ether oxygens (including phenoxy) is 3. The van der Waals surface area contributed by atoms with Crippen LogP contribution >= 0.6 is 11.6 Å². The lowest BCUT2D eigenvalue weighted by Crippen LogP contribution is -2.50. The molecule has 0 saturated carbocycles. The predicted molar refractivity (Wildman–Crippen MR) is 131 cm³/mol. The van der Waals surface area contributed by atoms with Crippen LogP contribution in [0.1, 0.15) is 44.0 Å². The Bertz CT molecular complexity index is 868. The van der Waals surface area contributed by atoms with Crippen LogP contribution < -0.4 is 15.8 Å². The molecule has 34 heavy (non-hydrogen) atoms. The van der Waals surface area contributed by atoms with Crippen LogP contribution in [0.5, 0.6) is 5.75 Å². The highest BCUT2D eigenvalue weighted by atomic mass is 35.5. The van der Waals surface area contributed by atoms with E-state index in [1.165, 1.54) is 13.2 Å². The second-order valence-corrected chi connectivity index (χ2v) is 10.4. The molecule has 3 N–H and O–H groups in total. The van der Waals surface area contributed by atoms with E-state index in [1.807, 2.05) is 20.8 Å². The van der Waals surface area contributed by atoms with E-state index < -0.39 is 5.60 Å². The van der Waals surface area contributed by atoms with E-state index >= 15 is 0 Å². The summed E-state index contributed by atoms with van der Waals surface area (Å²) < 4.78 is 16.6. The maximum atomic E-state index is 12.7. The van der Waals surface area contributed by atoms with Gasteiger partial charge in [-0.1, -0.05) is 11.6 Å². The van der Waals surface area contributed by atoms with Gasteiger partial charge in [0, 0.05) is 45.3 Å². The summed E-state index contributed by atoms with van der Waals surface area (Å²) in [6, 6.07) is 3.06. The lowest BCUT2D eigenvalue weighted by atomic mass is 9.96. The molecule has 1 aromatic rings. The first-order chi connectivity index (χ1) is 16.1. The zero-order valence-electron chi connectivity index (χ0n) is 20.6. The first kappa shape index (κ1) is 26.4. The van der Waals surface area contributed by atoms with Crippen molar-refractivity contribution in [3.8, 4) is 5.75 Å². The van der Waals surface area contributed by atoms with Crippen molar-refractivity contribution in [2.24, 2.45) is 5.92 Å². The molecule has 2 saturated heterocycles. The smallest absolute Gasteiger partial charge is 0.410 e. The number of morpholine rings is 1.